The van der Waals surface area contributed by atoms with E-state index in [1.807, 2.05) is 24.3 Å². The molecule has 1 aromatic carbocycles. The molecule has 13 heteroatoms. The number of aliphatic hydroxyl groups excluding tert-OH is 3. The van der Waals surface area contributed by atoms with Gasteiger partial charge in [0.1, 0.15) is 23.8 Å². The molecule has 6 rings (SSSR count). The molecular formula is C22H23ClN6O4S2. The van der Waals surface area contributed by atoms with Crippen molar-refractivity contribution >= 4 is 61.9 Å². The van der Waals surface area contributed by atoms with Gasteiger partial charge in [-0.3, -0.25) is 4.57 Å². The summed E-state index contributed by atoms with van der Waals surface area (Å²) in [6, 6.07) is 7.99. The fourth-order valence-corrected chi connectivity index (χ4v) is 8.27. The van der Waals surface area contributed by atoms with Crippen LogP contribution in [0.1, 0.15) is 19.3 Å². The average Bonchev–Trinajstić information content (AvgIpc) is 3.61. The molecule has 4 aromatic rings. The van der Waals surface area contributed by atoms with Crippen LogP contribution in [-0.4, -0.2) is 70.0 Å². The predicted molar refractivity (Wildman–Crippen MR) is 133 cm³/mol. The lowest BCUT2D eigenvalue weighted by Gasteiger charge is -2.41. The summed E-state index contributed by atoms with van der Waals surface area (Å²) in [6.07, 6.45) is 0.334. The van der Waals surface area contributed by atoms with Crippen molar-refractivity contribution in [1.29, 1.82) is 0 Å². The van der Waals surface area contributed by atoms with Crippen molar-refractivity contribution in [3.8, 4) is 0 Å². The molecule has 10 nitrogen and oxygen atoms in total. The highest BCUT2D eigenvalue weighted by atomic mass is 35.5. The molecule has 2 unspecified atom stereocenters. The third kappa shape index (κ3) is 3.62. The minimum Gasteiger partial charge on any atom is -0.394 e. The fourth-order valence-electron chi connectivity index (χ4n) is 5.38. The van der Waals surface area contributed by atoms with Crippen LogP contribution in [0.4, 0.5) is 5.82 Å². The molecule has 2 aliphatic rings. The summed E-state index contributed by atoms with van der Waals surface area (Å²) in [6.45, 7) is -0.452. The van der Waals surface area contributed by atoms with E-state index in [0.29, 0.717) is 11.2 Å². The number of benzene rings is 1. The lowest BCUT2D eigenvalue weighted by atomic mass is 9.87. The van der Waals surface area contributed by atoms with Crippen LogP contribution in [0, 0.1) is 5.92 Å². The highest BCUT2D eigenvalue weighted by molar-refractivity contribution is 8.01. The molecule has 0 spiro atoms. The topological polar surface area (TPSA) is 152 Å². The van der Waals surface area contributed by atoms with Crippen molar-refractivity contribution in [2.24, 2.45) is 5.92 Å². The van der Waals surface area contributed by atoms with Gasteiger partial charge in [-0.25, -0.2) is 9.97 Å². The number of hydrogen-bond donors (Lipinski definition) is 4. The van der Waals surface area contributed by atoms with Crippen LogP contribution in [0.25, 0.3) is 21.4 Å². The summed E-state index contributed by atoms with van der Waals surface area (Å²) < 4.78 is 10.0. The molecule has 184 valence electrons. The fraction of sp³-hybridized carbons (Fsp3) is 0.455. The first-order valence-corrected chi connectivity index (χ1v) is 13.3. The van der Waals surface area contributed by atoms with E-state index < -0.39 is 30.6 Å². The smallest absolute Gasteiger partial charge is 0.226 e. The molecular weight excluding hydrogens is 512 g/mol. The lowest BCUT2D eigenvalue weighted by molar-refractivity contribution is -0.179. The number of para-hydroxylation sites is 1. The van der Waals surface area contributed by atoms with Gasteiger partial charge < -0.3 is 25.8 Å². The van der Waals surface area contributed by atoms with Crippen LogP contribution in [0.5, 0.6) is 0 Å². The molecule has 6 atom stereocenters. The number of aromatic nitrogens is 5. The van der Waals surface area contributed by atoms with E-state index in [-0.39, 0.29) is 22.3 Å². The maximum atomic E-state index is 11.5. The number of nitrogen functional groups attached to an aromatic ring is 1. The van der Waals surface area contributed by atoms with Gasteiger partial charge >= 0.3 is 0 Å². The van der Waals surface area contributed by atoms with Gasteiger partial charge in [-0.15, -0.1) is 11.3 Å². The Morgan fingerprint density at radius 1 is 1.23 bits per heavy atom. The van der Waals surface area contributed by atoms with Crippen LogP contribution in [0.3, 0.4) is 0 Å². The minimum absolute atomic E-state index is 0.0157. The van der Waals surface area contributed by atoms with E-state index in [4.69, 9.17) is 27.1 Å². The van der Waals surface area contributed by atoms with E-state index in [9.17, 15) is 15.3 Å². The summed E-state index contributed by atoms with van der Waals surface area (Å²) in [5.74, 6) is -0.152. The third-order valence-electron chi connectivity index (χ3n) is 6.93. The number of thiazole rings is 1. The van der Waals surface area contributed by atoms with Crippen molar-refractivity contribution in [2.75, 3.05) is 12.3 Å². The van der Waals surface area contributed by atoms with E-state index in [2.05, 4.69) is 15.0 Å². The zero-order chi connectivity index (χ0) is 24.3. The van der Waals surface area contributed by atoms with E-state index in [0.717, 1.165) is 33.8 Å². The molecule has 3 aromatic heterocycles. The predicted octanol–water partition coefficient (Wildman–Crippen LogP) is 2.40. The standard InChI is InChI=1S/C22H23ClN6O4S2/c23-20-27-18(24)15-19(28-20)29(9-25-15)22(17(32)16(31)12(8-30)33-22)10-4-3-7-13(10)34-21-26-11-5-1-2-6-14(11)35-21/h1-2,5-6,9-10,12-13,16-17,30-32H,3-4,7-8H2,(H2,24,27,28)/t10?,12-,13?,16-,17-,22-/m1/s1. The van der Waals surface area contributed by atoms with Crippen LogP contribution in [-0.2, 0) is 10.5 Å². The first kappa shape index (κ1) is 23.3. The summed E-state index contributed by atoms with van der Waals surface area (Å²) in [4.78, 5) is 17.4. The molecule has 1 aliphatic carbocycles. The summed E-state index contributed by atoms with van der Waals surface area (Å²) in [7, 11) is 0. The molecule has 5 N–H and O–H groups in total. The highest BCUT2D eigenvalue weighted by Gasteiger charge is 2.62. The number of anilines is 1. The maximum Gasteiger partial charge on any atom is 0.226 e. The van der Waals surface area contributed by atoms with Crippen molar-refractivity contribution in [1.82, 2.24) is 24.5 Å². The SMILES string of the molecule is Nc1nc(Cl)nc2c1ncn2[C@]1(C2CCCC2Sc2nc3ccccc3s2)O[C@H](CO)[C@@H](O)[C@H]1O. The Morgan fingerprint density at radius 2 is 2.06 bits per heavy atom. The molecule has 1 aliphatic heterocycles. The highest BCUT2D eigenvalue weighted by Crippen LogP contribution is 2.53. The number of halogens is 1. The van der Waals surface area contributed by atoms with Crippen molar-refractivity contribution in [3.05, 3.63) is 35.9 Å². The van der Waals surface area contributed by atoms with Crippen molar-refractivity contribution in [2.45, 2.75) is 52.9 Å². The Hall–Kier alpha value is -2.06. The maximum absolute atomic E-state index is 11.5. The molecule has 35 heavy (non-hydrogen) atoms. The minimum atomic E-state index is -1.45. The van der Waals surface area contributed by atoms with Crippen LogP contribution < -0.4 is 5.73 Å². The molecule has 4 heterocycles. The quantitative estimate of drug-likeness (QED) is 0.281. The van der Waals surface area contributed by atoms with Crippen molar-refractivity contribution in [3.63, 3.8) is 0 Å². The number of hydrogen-bond acceptors (Lipinski definition) is 11. The Balaban J connectivity index is 1.47. The number of nitrogens with two attached hydrogens (primary N) is 1. The second kappa shape index (κ2) is 8.80. The Labute approximate surface area is 213 Å². The molecule has 1 saturated carbocycles. The zero-order valence-corrected chi connectivity index (χ0v) is 20.7. The molecule has 0 bridgehead atoms. The van der Waals surface area contributed by atoms with Gasteiger partial charge in [0, 0.05) is 11.2 Å². The van der Waals surface area contributed by atoms with E-state index in [1.54, 1.807) is 27.7 Å². The van der Waals surface area contributed by atoms with Crippen LogP contribution in [0.2, 0.25) is 5.28 Å². The summed E-state index contributed by atoms with van der Waals surface area (Å²) in [5.41, 5.74) is 6.14. The second-order valence-corrected chi connectivity index (χ2v) is 11.7. The largest absolute Gasteiger partial charge is 0.394 e. The number of imidazole rings is 1. The number of ether oxygens (including phenoxy) is 1. The van der Waals surface area contributed by atoms with Crippen molar-refractivity contribution < 1.29 is 20.1 Å². The Bertz CT molecular complexity index is 1370. The Morgan fingerprint density at radius 3 is 2.83 bits per heavy atom. The number of rotatable bonds is 5. The monoisotopic (exact) mass is 534 g/mol. The normalized spacial score (nSPS) is 31.1. The number of nitrogens with zero attached hydrogens (tertiary/aromatic N) is 5. The molecule has 2 fully saturated rings. The van der Waals surface area contributed by atoms with E-state index >= 15 is 0 Å². The third-order valence-corrected chi connectivity index (χ3v) is 9.63. The molecule has 0 amide bonds. The number of fused-ring (bicyclic) bond motifs is 2. The number of thioether (sulfide) groups is 1. The Kier molecular flexibility index (Phi) is 5.87. The van der Waals surface area contributed by atoms with Gasteiger partial charge in [0.05, 0.1) is 23.2 Å². The first-order chi connectivity index (χ1) is 16.9. The molecule has 1 saturated heterocycles. The molecule has 0 radical (unpaired) electrons. The zero-order valence-electron chi connectivity index (χ0n) is 18.4. The van der Waals surface area contributed by atoms with Crippen LogP contribution in [0.15, 0.2) is 34.9 Å². The van der Waals surface area contributed by atoms with Gasteiger partial charge in [0.2, 0.25) is 5.28 Å². The van der Waals surface area contributed by atoms with Gasteiger partial charge in [0.15, 0.2) is 21.5 Å². The summed E-state index contributed by atoms with van der Waals surface area (Å²) in [5, 5.41) is 32.2. The average molecular weight is 535 g/mol. The first-order valence-electron chi connectivity index (χ1n) is 11.3. The van der Waals surface area contributed by atoms with Gasteiger partial charge in [0.25, 0.3) is 0 Å². The van der Waals surface area contributed by atoms with Gasteiger partial charge in [-0.05, 0) is 36.6 Å². The van der Waals surface area contributed by atoms with Gasteiger partial charge in [-0.1, -0.05) is 30.3 Å². The van der Waals surface area contributed by atoms with Gasteiger partial charge in [-0.2, -0.15) is 9.97 Å². The lowest BCUT2D eigenvalue weighted by Crippen LogP contribution is -2.52. The second-order valence-electron chi connectivity index (χ2n) is 8.83. The summed E-state index contributed by atoms with van der Waals surface area (Å²) >= 11 is 9.38. The van der Waals surface area contributed by atoms with E-state index in [1.165, 1.54) is 6.33 Å². The van der Waals surface area contributed by atoms with Crippen LogP contribution >= 0.6 is 34.7 Å². The number of aliphatic hydroxyl groups is 3.